The van der Waals surface area contributed by atoms with Gasteiger partial charge in [0.05, 0.1) is 4.88 Å². The summed E-state index contributed by atoms with van der Waals surface area (Å²) in [6, 6.07) is 13.0. The van der Waals surface area contributed by atoms with E-state index in [1.807, 2.05) is 52.7 Å². The van der Waals surface area contributed by atoms with E-state index in [1.165, 1.54) is 22.7 Å². The molecule has 0 bridgehead atoms. The van der Waals surface area contributed by atoms with E-state index in [9.17, 15) is 9.59 Å². The number of aromatic nitrogens is 2. The van der Waals surface area contributed by atoms with Crippen LogP contribution in [-0.2, 0) is 0 Å². The highest BCUT2D eigenvalue weighted by molar-refractivity contribution is 7.13. The van der Waals surface area contributed by atoms with Crippen molar-refractivity contribution in [2.24, 2.45) is 0 Å². The average molecular weight is 399 g/mol. The lowest BCUT2D eigenvalue weighted by atomic mass is 9.98. The highest BCUT2D eigenvalue weighted by Crippen LogP contribution is 2.30. The van der Waals surface area contributed by atoms with E-state index < -0.39 is 0 Å². The zero-order chi connectivity index (χ0) is 18.6. The monoisotopic (exact) mass is 398 g/mol. The van der Waals surface area contributed by atoms with Gasteiger partial charge in [0.2, 0.25) is 5.01 Å². The number of nitrogens with one attached hydrogen (secondary N) is 1. The number of para-hydroxylation sites is 1. The highest BCUT2D eigenvalue weighted by Gasteiger charge is 2.28. The van der Waals surface area contributed by atoms with Crippen molar-refractivity contribution in [3.05, 3.63) is 62.7 Å². The van der Waals surface area contributed by atoms with Crippen LogP contribution >= 0.6 is 22.7 Å². The number of likely N-dealkylation sites (tertiary alicyclic amines) is 1. The molecule has 8 heteroatoms. The molecule has 138 valence electrons. The number of carbonyl (C=O) groups excluding carboxylic acids is 2. The van der Waals surface area contributed by atoms with Gasteiger partial charge in [-0.05, 0) is 36.4 Å². The van der Waals surface area contributed by atoms with Gasteiger partial charge >= 0.3 is 0 Å². The predicted molar refractivity (Wildman–Crippen MR) is 107 cm³/mol. The first kappa shape index (κ1) is 17.8. The maximum Gasteiger partial charge on any atom is 0.286 e. The first-order chi connectivity index (χ1) is 13.2. The minimum atomic E-state index is -0.257. The van der Waals surface area contributed by atoms with Crippen LogP contribution < -0.4 is 5.32 Å². The summed E-state index contributed by atoms with van der Waals surface area (Å²) >= 11 is 2.77. The zero-order valence-corrected chi connectivity index (χ0v) is 16.1. The predicted octanol–water partition coefficient (Wildman–Crippen LogP) is 3.87. The molecule has 0 aliphatic carbocycles. The maximum atomic E-state index is 12.6. The third kappa shape index (κ3) is 4.06. The maximum absolute atomic E-state index is 12.6. The molecule has 0 radical (unpaired) electrons. The second kappa shape index (κ2) is 7.98. The van der Waals surface area contributed by atoms with E-state index in [0.29, 0.717) is 11.6 Å². The average Bonchev–Trinajstić information content (AvgIpc) is 3.40. The van der Waals surface area contributed by atoms with E-state index in [4.69, 9.17) is 0 Å². The van der Waals surface area contributed by atoms with Crippen LogP contribution in [0.3, 0.4) is 0 Å². The number of thiophene rings is 1. The van der Waals surface area contributed by atoms with Gasteiger partial charge in [-0.2, -0.15) is 0 Å². The number of carbonyl (C=O) groups is 2. The van der Waals surface area contributed by atoms with Crippen molar-refractivity contribution in [1.82, 2.24) is 15.1 Å². The summed E-state index contributed by atoms with van der Waals surface area (Å²) in [5.41, 5.74) is 0.727. The molecule has 1 fully saturated rings. The highest BCUT2D eigenvalue weighted by atomic mass is 32.1. The Hall–Kier alpha value is -2.58. The van der Waals surface area contributed by atoms with Gasteiger partial charge < -0.3 is 10.2 Å². The van der Waals surface area contributed by atoms with Crippen LogP contribution in [-0.4, -0.2) is 40.0 Å². The normalized spacial score (nSPS) is 16.9. The molecule has 1 aliphatic heterocycles. The second-order valence-corrected chi connectivity index (χ2v) is 8.29. The first-order valence-electron chi connectivity index (χ1n) is 8.73. The molecule has 1 atom stereocenters. The molecular formula is C19H18N4O2S2. The molecule has 2 aromatic heterocycles. The molecule has 3 heterocycles. The van der Waals surface area contributed by atoms with Crippen molar-refractivity contribution in [2.75, 3.05) is 18.4 Å². The van der Waals surface area contributed by atoms with Crippen molar-refractivity contribution >= 4 is 40.2 Å². The summed E-state index contributed by atoms with van der Waals surface area (Å²) in [6.07, 6.45) is 1.87. The van der Waals surface area contributed by atoms with Crippen molar-refractivity contribution in [1.29, 1.82) is 0 Å². The summed E-state index contributed by atoms with van der Waals surface area (Å²) in [7, 11) is 0. The van der Waals surface area contributed by atoms with Crippen LogP contribution in [0.4, 0.5) is 5.69 Å². The molecule has 1 aliphatic rings. The van der Waals surface area contributed by atoms with E-state index >= 15 is 0 Å². The van der Waals surface area contributed by atoms with Crippen molar-refractivity contribution in [3.8, 4) is 0 Å². The van der Waals surface area contributed by atoms with Crippen LogP contribution in [0.5, 0.6) is 0 Å². The Balaban J connectivity index is 1.43. The Labute approximate surface area is 164 Å². The summed E-state index contributed by atoms with van der Waals surface area (Å²) in [5.74, 6) is -0.0630. The topological polar surface area (TPSA) is 75.2 Å². The summed E-state index contributed by atoms with van der Waals surface area (Å²) in [4.78, 5) is 27.6. The summed E-state index contributed by atoms with van der Waals surface area (Å²) < 4.78 is 0. The van der Waals surface area contributed by atoms with Crippen LogP contribution in [0, 0.1) is 0 Å². The number of rotatable bonds is 4. The van der Waals surface area contributed by atoms with Gasteiger partial charge in [-0.1, -0.05) is 35.6 Å². The smallest absolute Gasteiger partial charge is 0.286 e. The number of nitrogens with zero attached hydrogens (tertiary/aromatic N) is 3. The number of benzene rings is 1. The number of piperidine rings is 1. The van der Waals surface area contributed by atoms with Gasteiger partial charge in [-0.3, -0.25) is 9.59 Å². The fourth-order valence-electron chi connectivity index (χ4n) is 3.12. The van der Waals surface area contributed by atoms with E-state index in [1.54, 1.807) is 0 Å². The molecule has 1 saturated heterocycles. The van der Waals surface area contributed by atoms with Gasteiger partial charge in [0.25, 0.3) is 11.8 Å². The molecule has 2 amide bonds. The van der Waals surface area contributed by atoms with Gasteiger partial charge in [-0.15, -0.1) is 21.5 Å². The van der Waals surface area contributed by atoms with Crippen molar-refractivity contribution in [2.45, 2.75) is 18.8 Å². The van der Waals surface area contributed by atoms with Gasteiger partial charge in [0.1, 0.15) is 5.01 Å². The molecule has 1 aromatic carbocycles. The Kier molecular flexibility index (Phi) is 5.26. The Morgan fingerprint density at radius 2 is 1.96 bits per heavy atom. The summed E-state index contributed by atoms with van der Waals surface area (Å²) in [6.45, 7) is 1.37. The number of hydrogen-bond acceptors (Lipinski definition) is 6. The molecule has 4 rings (SSSR count). The molecular weight excluding hydrogens is 380 g/mol. The lowest BCUT2D eigenvalue weighted by Crippen LogP contribution is -2.38. The quantitative estimate of drug-likeness (QED) is 0.724. The van der Waals surface area contributed by atoms with Crippen molar-refractivity contribution in [3.63, 3.8) is 0 Å². The van der Waals surface area contributed by atoms with Crippen LogP contribution in [0.2, 0.25) is 0 Å². The van der Waals surface area contributed by atoms with E-state index in [2.05, 4.69) is 15.5 Å². The number of hydrogen-bond donors (Lipinski definition) is 1. The van der Waals surface area contributed by atoms with E-state index in [-0.39, 0.29) is 17.7 Å². The Bertz CT molecular complexity index is 924. The van der Waals surface area contributed by atoms with E-state index in [0.717, 1.165) is 35.0 Å². The SMILES string of the molecule is O=C(Nc1ccccc1)c1nnc(C2CCCN(C(=O)c3cccs3)C2)s1. The Morgan fingerprint density at radius 1 is 1.11 bits per heavy atom. The van der Waals surface area contributed by atoms with Gasteiger partial charge in [-0.25, -0.2) is 0 Å². The molecule has 0 saturated carbocycles. The van der Waals surface area contributed by atoms with Crippen LogP contribution in [0.25, 0.3) is 0 Å². The van der Waals surface area contributed by atoms with Crippen molar-refractivity contribution < 1.29 is 9.59 Å². The third-order valence-electron chi connectivity index (χ3n) is 4.46. The zero-order valence-electron chi connectivity index (χ0n) is 14.5. The fourth-order valence-corrected chi connectivity index (χ4v) is 4.67. The minimum Gasteiger partial charge on any atom is -0.337 e. The molecule has 3 aromatic rings. The molecule has 6 nitrogen and oxygen atoms in total. The first-order valence-corrected chi connectivity index (χ1v) is 10.4. The fraction of sp³-hybridized carbons (Fsp3) is 0.263. The number of amides is 2. The van der Waals surface area contributed by atoms with Gasteiger partial charge in [0.15, 0.2) is 0 Å². The largest absolute Gasteiger partial charge is 0.337 e. The van der Waals surface area contributed by atoms with Crippen LogP contribution in [0.15, 0.2) is 47.8 Å². The molecule has 27 heavy (non-hydrogen) atoms. The molecule has 1 unspecified atom stereocenters. The standard InChI is InChI=1S/C19H18N4O2S2/c24-16(20-14-7-2-1-3-8-14)18-22-21-17(27-18)13-6-4-10-23(12-13)19(25)15-9-5-11-26-15/h1-3,5,7-9,11,13H,4,6,10,12H2,(H,20,24). The molecule has 0 spiro atoms. The molecule has 1 N–H and O–H groups in total. The number of anilines is 1. The minimum absolute atomic E-state index is 0.0706. The lowest BCUT2D eigenvalue weighted by molar-refractivity contribution is 0.0711. The Morgan fingerprint density at radius 3 is 2.74 bits per heavy atom. The lowest BCUT2D eigenvalue weighted by Gasteiger charge is -2.31. The summed E-state index contributed by atoms with van der Waals surface area (Å²) in [5, 5.41) is 14.2. The third-order valence-corrected chi connectivity index (χ3v) is 6.40. The van der Waals surface area contributed by atoms with Crippen LogP contribution in [0.1, 0.15) is 43.2 Å². The van der Waals surface area contributed by atoms with Gasteiger partial charge in [0, 0.05) is 24.7 Å². The second-order valence-electron chi connectivity index (χ2n) is 6.33.